The number of methoxy groups -OCH3 is 1. The Balaban J connectivity index is 1.88. The van der Waals surface area contributed by atoms with Crippen LogP contribution in [0.15, 0.2) is 18.3 Å². The average molecular weight is 260 g/mol. The van der Waals surface area contributed by atoms with Gasteiger partial charge in [0.1, 0.15) is 11.8 Å². The summed E-state index contributed by atoms with van der Waals surface area (Å²) in [5.41, 5.74) is 1.49. The molecule has 1 atom stereocenters. The van der Waals surface area contributed by atoms with E-state index in [1.807, 2.05) is 12.1 Å². The first kappa shape index (κ1) is 13.3. The summed E-state index contributed by atoms with van der Waals surface area (Å²) in [6.45, 7) is 2.47. The molecular weight excluding hydrogens is 244 g/mol. The lowest BCUT2D eigenvalue weighted by molar-refractivity contribution is 0.166. The molecule has 6 nitrogen and oxygen atoms in total. The topological polar surface area (TPSA) is 78.2 Å². The molecule has 1 aliphatic rings. The van der Waals surface area contributed by atoms with Gasteiger partial charge in [0, 0.05) is 31.9 Å². The molecule has 1 unspecified atom stereocenters. The number of likely N-dealkylation sites (tertiary alicyclic amines) is 1. The Morgan fingerprint density at radius 3 is 3.32 bits per heavy atom. The van der Waals surface area contributed by atoms with Crippen LogP contribution in [-0.4, -0.2) is 42.2 Å². The summed E-state index contributed by atoms with van der Waals surface area (Å²) in [6, 6.07) is 5.86. The number of alkyl carbamates (subject to hydrolysis) is 1. The zero-order valence-corrected chi connectivity index (χ0v) is 10.8. The Bertz CT molecular complexity index is 498. The van der Waals surface area contributed by atoms with Gasteiger partial charge in [0.25, 0.3) is 0 Å². The molecule has 1 fully saturated rings. The molecular formula is C13H16N4O2. The molecule has 1 N–H and O–H groups in total. The maximum atomic E-state index is 11.1. The Morgan fingerprint density at radius 2 is 2.58 bits per heavy atom. The van der Waals surface area contributed by atoms with Crippen LogP contribution in [0.5, 0.6) is 0 Å². The third kappa shape index (κ3) is 3.66. The molecule has 0 radical (unpaired) electrons. The van der Waals surface area contributed by atoms with E-state index in [1.54, 1.807) is 12.3 Å². The standard InChI is InChI=1S/C13H16N4O2/c1-19-13(18)16-11-3-5-17(9-11)8-10-2-4-15-12(6-10)7-14/h2,4,6,11H,3,5,8-9H2,1H3,(H,16,18). The fourth-order valence-electron chi connectivity index (χ4n) is 2.21. The summed E-state index contributed by atoms with van der Waals surface area (Å²) < 4.78 is 4.58. The van der Waals surface area contributed by atoms with Crippen molar-refractivity contribution < 1.29 is 9.53 Å². The van der Waals surface area contributed by atoms with Gasteiger partial charge in [-0.2, -0.15) is 5.26 Å². The lowest BCUT2D eigenvalue weighted by atomic mass is 10.2. The van der Waals surface area contributed by atoms with E-state index >= 15 is 0 Å². The lowest BCUT2D eigenvalue weighted by Gasteiger charge is -2.16. The molecule has 6 heteroatoms. The molecule has 2 rings (SSSR count). The van der Waals surface area contributed by atoms with Crippen LogP contribution in [0.1, 0.15) is 17.7 Å². The van der Waals surface area contributed by atoms with Gasteiger partial charge in [-0.1, -0.05) is 0 Å². The van der Waals surface area contributed by atoms with Crippen molar-refractivity contribution in [1.82, 2.24) is 15.2 Å². The van der Waals surface area contributed by atoms with E-state index in [4.69, 9.17) is 5.26 Å². The third-order valence-electron chi connectivity index (χ3n) is 3.12. The average Bonchev–Trinajstić information content (AvgIpc) is 2.86. The number of hydrogen-bond donors (Lipinski definition) is 1. The summed E-state index contributed by atoms with van der Waals surface area (Å²) in [5, 5.41) is 11.6. The third-order valence-corrected chi connectivity index (χ3v) is 3.12. The van der Waals surface area contributed by atoms with E-state index in [9.17, 15) is 4.79 Å². The van der Waals surface area contributed by atoms with Crippen molar-refractivity contribution in [2.24, 2.45) is 0 Å². The number of hydrogen-bond acceptors (Lipinski definition) is 5. The number of amides is 1. The van der Waals surface area contributed by atoms with E-state index in [2.05, 4.69) is 19.9 Å². The maximum absolute atomic E-state index is 11.1. The predicted molar refractivity (Wildman–Crippen MR) is 68.2 cm³/mol. The Hall–Kier alpha value is -2.13. The molecule has 19 heavy (non-hydrogen) atoms. The van der Waals surface area contributed by atoms with Gasteiger partial charge in [0.15, 0.2) is 0 Å². The quantitative estimate of drug-likeness (QED) is 0.873. The van der Waals surface area contributed by atoms with Gasteiger partial charge < -0.3 is 10.1 Å². The second-order valence-electron chi connectivity index (χ2n) is 4.52. The van der Waals surface area contributed by atoms with Gasteiger partial charge in [-0.3, -0.25) is 4.90 Å². The van der Waals surface area contributed by atoms with Gasteiger partial charge in [0.2, 0.25) is 0 Å². The highest BCUT2D eigenvalue weighted by Gasteiger charge is 2.24. The van der Waals surface area contributed by atoms with E-state index in [1.165, 1.54) is 7.11 Å². The molecule has 1 aromatic rings. The molecule has 0 aromatic carbocycles. The van der Waals surface area contributed by atoms with E-state index < -0.39 is 0 Å². The summed E-state index contributed by atoms with van der Waals surface area (Å²) in [6.07, 6.45) is 2.17. The van der Waals surface area contributed by atoms with Gasteiger partial charge in [-0.05, 0) is 24.1 Å². The molecule has 2 heterocycles. The minimum Gasteiger partial charge on any atom is -0.453 e. The summed E-state index contributed by atoms with van der Waals surface area (Å²) >= 11 is 0. The number of carbonyl (C=O) groups is 1. The van der Waals surface area contributed by atoms with E-state index in [0.717, 1.165) is 31.6 Å². The monoisotopic (exact) mass is 260 g/mol. The van der Waals surface area contributed by atoms with E-state index in [0.29, 0.717) is 5.69 Å². The highest BCUT2D eigenvalue weighted by atomic mass is 16.5. The molecule has 1 amide bonds. The smallest absolute Gasteiger partial charge is 0.407 e. The number of aromatic nitrogens is 1. The minimum absolute atomic E-state index is 0.129. The largest absolute Gasteiger partial charge is 0.453 e. The molecule has 1 aromatic heterocycles. The van der Waals surface area contributed by atoms with Crippen LogP contribution < -0.4 is 5.32 Å². The zero-order valence-electron chi connectivity index (χ0n) is 10.8. The Labute approximate surface area is 112 Å². The lowest BCUT2D eigenvalue weighted by Crippen LogP contribution is -2.36. The number of nitrogens with zero attached hydrogens (tertiary/aromatic N) is 3. The summed E-state index contributed by atoms with van der Waals surface area (Å²) in [7, 11) is 1.36. The van der Waals surface area contributed by atoms with Crippen LogP contribution in [-0.2, 0) is 11.3 Å². The normalized spacial score (nSPS) is 18.8. The number of nitriles is 1. The Morgan fingerprint density at radius 1 is 1.74 bits per heavy atom. The number of rotatable bonds is 3. The number of carbonyl (C=O) groups excluding carboxylic acids is 1. The van der Waals surface area contributed by atoms with E-state index in [-0.39, 0.29) is 12.1 Å². The highest BCUT2D eigenvalue weighted by molar-refractivity contribution is 5.67. The SMILES string of the molecule is COC(=O)NC1CCN(Cc2ccnc(C#N)c2)C1. The van der Waals surface area contributed by atoms with Crippen molar-refractivity contribution in [2.45, 2.75) is 19.0 Å². The van der Waals surface area contributed by atoms with Crippen LogP contribution in [0.4, 0.5) is 4.79 Å². The molecule has 0 aliphatic carbocycles. The van der Waals surface area contributed by atoms with Crippen molar-refractivity contribution in [3.8, 4) is 6.07 Å². The summed E-state index contributed by atoms with van der Waals surface area (Å²) in [5.74, 6) is 0. The molecule has 0 bridgehead atoms. The highest BCUT2D eigenvalue weighted by Crippen LogP contribution is 2.13. The van der Waals surface area contributed by atoms with Crippen molar-refractivity contribution in [2.75, 3.05) is 20.2 Å². The maximum Gasteiger partial charge on any atom is 0.407 e. The molecule has 0 spiro atoms. The van der Waals surface area contributed by atoms with Crippen LogP contribution in [0.2, 0.25) is 0 Å². The predicted octanol–water partition coefficient (Wildman–Crippen LogP) is 0.884. The zero-order chi connectivity index (χ0) is 13.7. The molecule has 100 valence electrons. The van der Waals surface area contributed by atoms with Gasteiger partial charge >= 0.3 is 6.09 Å². The van der Waals surface area contributed by atoms with Crippen molar-refractivity contribution in [3.05, 3.63) is 29.6 Å². The van der Waals surface area contributed by atoms with Gasteiger partial charge in [0.05, 0.1) is 7.11 Å². The first-order valence-corrected chi connectivity index (χ1v) is 6.13. The van der Waals surface area contributed by atoms with Crippen LogP contribution in [0.25, 0.3) is 0 Å². The first-order chi connectivity index (χ1) is 9.21. The Kier molecular flexibility index (Phi) is 4.31. The van der Waals surface area contributed by atoms with Gasteiger partial charge in [-0.25, -0.2) is 9.78 Å². The fourth-order valence-corrected chi connectivity index (χ4v) is 2.21. The molecule has 1 aliphatic heterocycles. The van der Waals surface area contributed by atoms with Gasteiger partial charge in [-0.15, -0.1) is 0 Å². The van der Waals surface area contributed by atoms with Crippen LogP contribution in [0, 0.1) is 11.3 Å². The minimum atomic E-state index is -0.387. The number of ether oxygens (including phenoxy) is 1. The molecule has 0 saturated carbocycles. The summed E-state index contributed by atoms with van der Waals surface area (Å²) in [4.78, 5) is 17.3. The number of pyridine rings is 1. The fraction of sp³-hybridized carbons (Fsp3) is 0.462. The second kappa shape index (κ2) is 6.16. The van der Waals surface area contributed by atoms with Crippen LogP contribution >= 0.6 is 0 Å². The first-order valence-electron chi connectivity index (χ1n) is 6.13. The molecule has 1 saturated heterocycles. The van der Waals surface area contributed by atoms with Crippen molar-refractivity contribution >= 4 is 6.09 Å². The van der Waals surface area contributed by atoms with Crippen LogP contribution in [0.3, 0.4) is 0 Å². The second-order valence-corrected chi connectivity index (χ2v) is 4.52. The van der Waals surface area contributed by atoms with Crippen molar-refractivity contribution in [3.63, 3.8) is 0 Å². The van der Waals surface area contributed by atoms with Crippen molar-refractivity contribution in [1.29, 1.82) is 5.26 Å². The number of nitrogens with one attached hydrogen (secondary N) is 1.